The first kappa shape index (κ1) is 22.5. The summed E-state index contributed by atoms with van der Waals surface area (Å²) >= 11 is 0. The molecule has 0 saturated carbocycles. The largest absolute Gasteiger partial charge is 0.757 e. The van der Waals surface area contributed by atoms with Crippen molar-refractivity contribution in [2.75, 3.05) is 37.8 Å². The van der Waals surface area contributed by atoms with Crippen molar-refractivity contribution in [3.8, 4) is 5.88 Å². The summed E-state index contributed by atoms with van der Waals surface area (Å²) in [7, 11) is 0. The Labute approximate surface area is 189 Å². The third-order valence-electron chi connectivity index (χ3n) is 6.31. The smallest absolute Gasteiger partial charge is 0.221 e. The van der Waals surface area contributed by atoms with Crippen LogP contribution in [0.5, 0.6) is 5.88 Å². The zero-order valence-electron chi connectivity index (χ0n) is 19.4. The highest BCUT2D eigenvalue weighted by atomic mass is 16.5. The van der Waals surface area contributed by atoms with E-state index in [1.807, 2.05) is 10.8 Å². The minimum atomic E-state index is -0.0672. The van der Waals surface area contributed by atoms with E-state index in [4.69, 9.17) is 9.84 Å². The first-order chi connectivity index (χ1) is 15.5. The van der Waals surface area contributed by atoms with E-state index in [0.717, 1.165) is 60.8 Å². The van der Waals surface area contributed by atoms with Crippen molar-refractivity contribution in [3.05, 3.63) is 39.9 Å². The number of likely N-dealkylation sites (N-methyl/N-ethyl adjacent to an activating group) is 1. The van der Waals surface area contributed by atoms with Gasteiger partial charge in [-0.25, -0.2) is 4.98 Å². The van der Waals surface area contributed by atoms with Crippen LogP contribution < -0.4 is 9.80 Å². The van der Waals surface area contributed by atoms with Crippen LogP contribution in [0, 0.1) is 5.21 Å². The molecule has 4 rings (SSSR count). The molecule has 0 atom stereocenters. The number of ketones is 1. The molecule has 8 heteroatoms. The normalized spacial score (nSPS) is 16.5. The molecule has 8 nitrogen and oxygen atoms in total. The molecule has 0 bridgehead atoms. The van der Waals surface area contributed by atoms with Crippen LogP contribution in [0.25, 0.3) is 11.6 Å². The summed E-state index contributed by atoms with van der Waals surface area (Å²) < 4.78 is 7.97. The third-order valence-corrected chi connectivity index (χ3v) is 6.31. The van der Waals surface area contributed by atoms with Crippen LogP contribution in [0.1, 0.15) is 73.8 Å². The molecule has 32 heavy (non-hydrogen) atoms. The van der Waals surface area contributed by atoms with E-state index < -0.39 is 0 Å². The highest BCUT2D eigenvalue weighted by Gasteiger charge is 2.32. The number of carbonyl (C=O) groups is 1. The summed E-state index contributed by atoms with van der Waals surface area (Å²) in [5, 5.41) is 18.7. The molecule has 0 unspecified atom stereocenters. The SMILES string of the molecule is CCCCOc1ncc(C(C)=O)cc1C1=Cc2c(nn(C3CN(CC)C3)c2CC)N([O-])C1. The number of hydrogen-bond acceptors (Lipinski definition) is 7. The van der Waals surface area contributed by atoms with Crippen LogP contribution in [0.15, 0.2) is 12.3 Å². The predicted octanol–water partition coefficient (Wildman–Crippen LogP) is 3.96. The summed E-state index contributed by atoms with van der Waals surface area (Å²) in [6, 6.07) is 2.10. The van der Waals surface area contributed by atoms with Crippen molar-refractivity contribution < 1.29 is 9.53 Å². The van der Waals surface area contributed by atoms with E-state index in [0.29, 0.717) is 35.5 Å². The summed E-state index contributed by atoms with van der Waals surface area (Å²) in [6.07, 6.45) is 6.29. The van der Waals surface area contributed by atoms with Gasteiger partial charge in [-0.15, -0.1) is 0 Å². The number of aromatic nitrogens is 3. The fourth-order valence-electron chi connectivity index (χ4n) is 4.33. The van der Waals surface area contributed by atoms with Crippen LogP contribution in [0.2, 0.25) is 0 Å². The molecule has 2 aromatic rings. The molecule has 0 aromatic carbocycles. The maximum Gasteiger partial charge on any atom is 0.221 e. The van der Waals surface area contributed by atoms with Crippen LogP contribution in [0.4, 0.5) is 5.82 Å². The van der Waals surface area contributed by atoms with Crippen molar-refractivity contribution in [1.82, 2.24) is 19.7 Å². The van der Waals surface area contributed by atoms with Gasteiger partial charge in [-0.1, -0.05) is 27.2 Å². The van der Waals surface area contributed by atoms with Crippen molar-refractivity contribution in [3.63, 3.8) is 0 Å². The van der Waals surface area contributed by atoms with E-state index in [9.17, 15) is 10.0 Å². The number of anilines is 1. The maximum absolute atomic E-state index is 13.1. The zero-order valence-corrected chi connectivity index (χ0v) is 19.4. The number of pyridine rings is 1. The molecule has 2 aliphatic rings. The number of nitrogens with zero attached hydrogens (tertiary/aromatic N) is 5. The number of hydroxylamine groups is 1. The predicted molar refractivity (Wildman–Crippen MR) is 126 cm³/mol. The molecule has 0 aliphatic carbocycles. The molecule has 1 saturated heterocycles. The lowest BCUT2D eigenvalue weighted by molar-refractivity contribution is 0.101. The second kappa shape index (κ2) is 9.42. The molecular formula is C24H32N5O3-. The number of carbonyl (C=O) groups excluding carboxylic acids is 1. The molecule has 0 radical (unpaired) electrons. The topological polar surface area (TPSA) is 86.5 Å². The maximum atomic E-state index is 13.1. The molecule has 2 aromatic heterocycles. The lowest BCUT2D eigenvalue weighted by Gasteiger charge is -2.39. The van der Waals surface area contributed by atoms with Gasteiger partial charge < -0.3 is 15.0 Å². The van der Waals surface area contributed by atoms with Gasteiger partial charge in [-0.05, 0) is 44.0 Å². The molecule has 172 valence electrons. The second-order valence-corrected chi connectivity index (χ2v) is 8.53. The van der Waals surface area contributed by atoms with Crippen LogP contribution in [0.3, 0.4) is 0 Å². The number of fused-ring (bicyclic) bond motifs is 1. The van der Waals surface area contributed by atoms with Crippen molar-refractivity contribution in [2.24, 2.45) is 0 Å². The number of unbranched alkanes of at least 4 members (excludes halogenated alkanes) is 1. The van der Waals surface area contributed by atoms with E-state index in [-0.39, 0.29) is 12.3 Å². The fourth-order valence-corrected chi connectivity index (χ4v) is 4.33. The third kappa shape index (κ3) is 4.17. The second-order valence-electron chi connectivity index (χ2n) is 8.53. The van der Waals surface area contributed by atoms with Gasteiger partial charge >= 0.3 is 0 Å². The molecule has 0 spiro atoms. The Balaban J connectivity index is 1.74. The van der Waals surface area contributed by atoms with Crippen LogP contribution in [-0.4, -0.2) is 58.2 Å². The van der Waals surface area contributed by atoms with Crippen LogP contribution in [-0.2, 0) is 6.42 Å². The Morgan fingerprint density at radius 1 is 1.28 bits per heavy atom. The number of Topliss-reactive ketones (excluding diaryl/α,β-unsaturated/α-hetero) is 1. The van der Waals surface area contributed by atoms with E-state index in [1.54, 1.807) is 12.3 Å². The average Bonchev–Trinajstić information content (AvgIpc) is 3.12. The molecule has 1 fully saturated rings. The van der Waals surface area contributed by atoms with Crippen LogP contribution >= 0.6 is 0 Å². The Hall–Kier alpha value is -2.71. The van der Waals surface area contributed by atoms with E-state index in [1.165, 1.54) is 6.92 Å². The zero-order chi connectivity index (χ0) is 22.8. The summed E-state index contributed by atoms with van der Waals surface area (Å²) in [4.78, 5) is 18.8. The van der Waals surface area contributed by atoms with E-state index in [2.05, 4.69) is 30.7 Å². The van der Waals surface area contributed by atoms with Gasteiger partial charge in [-0.2, -0.15) is 5.10 Å². The number of hydrogen-bond donors (Lipinski definition) is 0. The molecule has 0 amide bonds. The van der Waals surface area contributed by atoms with Crippen molar-refractivity contribution >= 4 is 23.3 Å². The fraction of sp³-hybridized carbons (Fsp3) is 0.542. The summed E-state index contributed by atoms with van der Waals surface area (Å²) in [5.41, 5.74) is 3.95. The van der Waals surface area contributed by atoms with Gasteiger partial charge in [0.25, 0.3) is 0 Å². The molecule has 0 N–H and O–H groups in total. The standard InChI is InChI=1S/C24H32N5O3/c1-5-8-9-32-24-20(10-17(12-25-24)16(4)30)18-11-21-22(6-2)29(19-14-27(7-3)15-19)26-23(21)28(31)13-18/h10-12,19H,5-9,13-15H2,1-4H3/q-1. The first-order valence-corrected chi connectivity index (χ1v) is 11.6. The van der Waals surface area contributed by atoms with Gasteiger partial charge in [0.2, 0.25) is 5.88 Å². The number of likely N-dealkylation sites (tertiary alicyclic amines) is 1. The van der Waals surface area contributed by atoms with Gasteiger partial charge in [0, 0.05) is 48.2 Å². The Morgan fingerprint density at radius 3 is 2.72 bits per heavy atom. The quantitative estimate of drug-likeness (QED) is 0.433. The van der Waals surface area contributed by atoms with E-state index >= 15 is 0 Å². The molecule has 2 aliphatic heterocycles. The van der Waals surface area contributed by atoms with Crippen molar-refractivity contribution in [2.45, 2.75) is 53.0 Å². The highest BCUT2D eigenvalue weighted by molar-refractivity contribution is 5.97. The molecule has 4 heterocycles. The molecular weight excluding hydrogens is 406 g/mol. The first-order valence-electron chi connectivity index (χ1n) is 11.6. The lowest BCUT2D eigenvalue weighted by Crippen LogP contribution is -2.48. The Kier molecular flexibility index (Phi) is 6.62. The summed E-state index contributed by atoms with van der Waals surface area (Å²) in [6.45, 7) is 11.5. The average molecular weight is 439 g/mol. The van der Waals surface area contributed by atoms with Gasteiger partial charge in [0.1, 0.15) is 5.82 Å². The number of ether oxygens (including phenoxy) is 1. The minimum Gasteiger partial charge on any atom is -0.757 e. The van der Waals surface area contributed by atoms with Crippen molar-refractivity contribution in [1.29, 1.82) is 0 Å². The van der Waals surface area contributed by atoms with Gasteiger partial charge in [0.15, 0.2) is 5.78 Å². The Bertz CT molecular complexity index is 1020. The van der Waals surface area contributed by atoms with Gasteiger partial charge in [-0.3, -0.25) is 14.4 Å². The Morgan fingerprint density at radius 2 is 2.06 bits per heavy atom. The highest BCUT2D eigenvalue weighted by Crippen LogP contribution is 2.38. The lowest BCUT2D eigenvalue weighted by atomic mass is 9.98. The van der Waals surface area contributed by atoms with Gasteiger partial charge in [0.05, 0.1) is 12.6 Å². The minimum absolute atomic E-state index is 0.0672. The number of rotatable bonds is 9. The summed E-state index contributed by atoms with van der Waals surface area (Å²) in [5.74, 6) is 0.877. The monoisotopic (exact) mass is 438 g/mol.